The molecule has 5 rings (SSSR count). The van der Waals surface area contributed by atoms with Crippen LogP contribution in [0.25, 0.3) is 32.3 Å². The average molecular weight is 348 g/mol. The Morgan fingerprint density at radius 2 is 1.33 bits per heavy atom. The molecule has 0 saturated heterocycles. The van der Waals surface area contributed by atoms with E-state index in [9.17, 15) is 0 Å². The number of hydrogen-bond donors (Lipinski definition) is 0. The van der Waals surface area contributed by atoms with Crippen molar-refractivity contribution in [3.8, 4) is 0 Å². The number of hydrogen-bond acceptors (Lipinski definition) is 2. The van der Waals surface area contributed by atoms with Crippen LogP contribution in [0, 0.1) is 6.92 Å². The lowest BCUT2D eigenvalue weighted by Gasteiger charge is -2.14. The zero-order valence-electron chi connectivity index (χ0n) is 15.5. The standard InChI is InChI=1S/C25H20N2/c1-17-6-13-22(14-7-17)27(2)26-16-21-11-10-20-9-8-18-4-3-5-19-12-15-23(21)25(20)24(18)19/h3-16H,1-2H3. The van der Waals surface area contributed by atoms with Gasteiger partial charge in [-0.1, -0.05) is 72.3 Å². The Bertz CT molecular complexity index is 1270. The summed E-state index contributed by atoms with van der Waals surface area (Å²) in [4.78, 5) is 0. The van der Waals surface area contributed by atoms with Crippen molar-refractivity contribution in [1.29, 1.82) is 0 Å². The largest absolute Gasteiger partial charge is 0.269 e. The predicted octanol–water partition coefficient (Wildman–Crippen LogP) is 6.36. The molecule has 5 aromatic rings. The van der Waals surface area contributed by atoms with E-state index in [-0.39, 0.29) is 0 Å². The summed E-state index contributed by atoms with van der Waals surface area (Å²) in [5, 5.41) is 14.4. The topological polar surface area (TPSA) is 15.6 Å². The highest BCUT2D eigenvalue weighted by atomic mass is 15.4. The maximum atomic E-state index is 4.68. The summed E-state index contributed by atoms with van der Waals surface area (Å²) >= 11 is 0. The monoisotopic (exact) mass is 348 g/mol. The molecule has 0 aliphatic rings. The Morgan fingerprint density at radius 3 is 2.07 bits per heavy atom. The van der Waals surface area contributed by atoms with Gasteiger partial charge in [-0.3, -0.25) is 5.01 Å². The van der Waals surface area contributed by atoms with Crippen LogP contribution in [-0.4, -0.2) is 13.3 Å². The maximum Gasteiger partial charge on any atom is 0.0590 e. The second-order valence-corrected chi connectivity index (χ2v) is 7.11. The Kier molecular flexibility index (Phi) is 3.58. The van der Waals surface area contributed by atoms with Crippen molar-refractivity contribution in [2.45, 2.75) is 6.92 Å². The van der Waals surface area contributed by atoms with Crippen LogP contribution in [0.2, 0.25) is 0 Å². The van der Waals surface area contributed by atoms with Crippen molar-refractivity contribution in [1.82, 2.24) is 0 Å². The van der Waals surface area contributed by atoms with Gasteiger partial charge in [0.05, 0.1) is 11.9 Å². The minimum atomic E-state index is 1.08. The van der Waals surface area contributed by atoms with E-state index in [0.29, 0.717) is 0 Å². The minimum Gasteiger partial charge on any atom is -0.269 e. The van der Waals surface area contributed by atoms with Crippen LogP contribution in [0.5, 0.6) is 0 Å². The molecule has 0 amide bonds. The molecule has 2 nitrogen and oxygen atoms in total. The summed E-state index contributed by atoms with van der Waals surface area (Å²) in [6.07, 6.45) is 1.96. The maximum absolute atomic E-state index is 4.68. The van der Waals surface area contributed by atoms with Gasteiger partial charge in [0.25, 0.3) is 0 Å². The highest BCUT2D eigenvalue weighted by Gasteiger charge is 2.10. The number of nitrogens with zero attached hydrogens (tertiary/aromatic N) is 2. The van der Waals surface area contributed by atoms with Crippen LogP contribution < -0.4 is 5.01 Å². The predicted molar refractivity (Wildman–Crippen MR) is 117 cm³/mol. The quantitative estimate of drug-likeness (QED) is 0.210. The third kappa shape index (κ3) is 2.61. The molecule has 0 aliphatic carbocycles. The van der Waals surface area contributed by atoms with Gasteiger partial charge in [-0.2, -0.15) is 5.10 Å². The van der Waals surface area contributed by atoms with Crippen LogP contribution in [0.1, 0.15) is 11.1 Å². The van der Waals surface area contributed by atoms with Crippen molar-refractivity contribution in [2.75, 3.05) is 12.1 Å². The Labute approximate surface area is 158 Å². The van der Waals surface area contributed by atoms with Crippen LogP contribution >= 0.6 is 0 Å². The zero-order valence-corrected chi connectivity index (χ0v) is 15.5. The molecule has 0 bridgehead atoms. The van der Waals surface area contributed by atoms with Gasteiger partial charge < -0.3 is 0 Å². The van der Waals surface area contributed by atoms with Crippen molar-refractivity contribution in [3.05, 3.63) is 90.0 Å². The van der Waals surface area contributed by atoms with Crippen LogP contribution in [0.4, 0.5) is 5.69 Å². The molecule has 27 heavy (non-hydrogen) atoms. The summed E-state index contributed by atoms with van der Waals surface area (Å²) in [5.74, 6) is 0. The number of benzene rings is 5. The molecular formula is C25H20N2. The van der Waals surface area contributed by atoms with E-state index in [0.717, 1.165) is 11.3 Å². The summed E-state index contributed by atoms with van der Waals surface area (Å²) in [6, 6.07) is 28.1. The van der Waals surface area contributed by atoms with Crippen molar-refractivity contribution in [2.24, 2.45) is 5.10 Å². The average Bonchev–Trinajstić information content (AvgIpc) is 2.71. The lowest BCUT2D eigenvalue weighted by atomic mass is 9.92. The number of anilines is 1. The summed E-state index contributed by atoms with van der Waals surface area (Å²) in [6.45, 7) is 2.10. The fourth-order valence-corrected chi connectivity index (χ4v) is 3.85. The van der Waals surface area contributed by atoms with Gasteiger partial charge in [0.1, 0.15) is 0 Å². The fourth-order valence-electron chi connectivity index (χ4n) is 3.85. The molecular weight excluding hydrogens is 328 g/mol. The number of aryl methyl sites for hydroxylation is 1. The van der Waals surface area contributed by atoms with Crippen molar-refractivity contribution in [3.63, 3.8) is 0 Å². The van der Waals surface area contributed by atoms with Gasteiger partial charge >= 0.3 is 0 Å². The molecule has 0 fully saturated rings. The zero-order chi connectivity index (χ0) is 18.4. The Morgan fingerprint density at radius 1 is 0.704 bits per heavy atom. The normalized spacial score (nSPS) is 11.9. The molecule has 0 unspecified atom stereocenters. The van der Waals surface area contributed by atoms with Gasteiger partial charge in [0.2, 0.25) is 0 Å². The highest BCUT2D eigenvalue weighted by Crippen LogP contribution is 2.35. The molecule has 130 valence electrons. The van der Waals surface area contributed by atoms with Gasteiger partial charge in [0, 0.05) is 12.6 Å². The van der Waals surface area contributed by atoms with Gasteiger partial charge in [-0.25, -0.2) is 0 Å². The highest BCUT2D eigenvalue weighted by molar-refractivity contribution is 6.25. The van der Waals surface area contributed by atoms with E-state index in [1.54, 1.807) is 0 Å². The second kappa shape index (κ2) is 6.10. The second-order valence-electron chi connectivity index (χ2n) is 7.11. The molecule has 0 aromatic heterocycles. The first-order valence-corrected chi connectivity index (χ1v) is 9.22. The first-order valence-electron chi connectivity index (χ1n) is 9.22. The third-order valence-corrected chi connectivity index (χ3v) is 5.34. The molecule has 2 heteroatoms. The van der Waals surface area contributed by atoms with Crippen LogP contribution in [0.15, 0.2) is 84.0 Å². The van der Waals surface area contributed by atoms with Crippen LogP contribution in [-0.2, 0) is 0 Å². The summed E-state index contributed by atoms with van der Waals surface area (Å²) in [7, 11) is 1.98. The third-order valence-electron chi connectivity index (χ3n) is 5.34. The first kappa shape index (κ1) is 15.8. The first-order chi connectivity index (χ1) is 13.2. The molecule has 0 spiro atoms. The van der Waals surface area contributed by atoms with Crippen LogP contribution in [0.3, 0.4) is 0 Å². The van der Waals surface area contributed by atoms with E-state index in [1.165, 1.54) is 37.9 Å². The van der Waals surface area contributed by atoms with Gasteiger partial charge in [-0.15, -0.1) is 0 Å². The van der Waals surface area contributed by atoms with E-state index in [1.807, 2.05) is 18.3 Å². The minimum absolute atomic E-state index is 1.08. The SMILES string of the molecule is Cc1ccc(N(C)N=Cc2ccc3ccc4cccc5ccc2c3c45)cc1. The molecule has 0 radical (unpaired) electrons. The van der Waals surface area contributed by atoms with Gasteiger partial charge in [-0.05, 0) is 51.4 Å². The summed E-state index contributed by atoms with van der Waals surface area (Å²) < 4.78 is 0. The lowest BCUT2D eigenvalue weighted by Crippen LogP contribution is -2.08. The number of hydrazone groups is 1. The smallest absolute Gasteiger partial charge is 0.0590 e. The van der Waals surface area contributed by atoms with Crippen molar-refractivity contribution >= 4 is 44.2 Å². The molecule has 0 saturated carbocycles. The summed E-state index contributed by atoms with van der Waals surface area (Å²) in [5.41, 5.74) is 3.47. The molecule has 5 aromatic carbocycles. The Hall–Kier alpha value is -3.39. The lowest BCUT2D eigenvalue weighted by molar-refractivity contribution is 1.02. The molecule has 0 aliphatic heterocycles. The van der Waals surface area contributed by atoms with E-state index >= 15 is 0 Å². The van der Waals surface area contributed by atoms with E-state index in [2.05, 4.69) is 90.9 Å². The molecule has 0 heterocycles. The Balaban J connectivity index is 1.64. The van der Waals surface area contributed by atoms with Gasteiger partial charge in [0.15, 0.2) is 0 Å². The van der Waals surface area contributed by atoms with E-state index < -0.39 is 0 Å². The van der Waals surface area contributed by atoms with Crippen molar-refractivity contribution < 1.29 is 0 Å². The fraction of sp³-hybridized carbons (Fsp3) is 0.0800. The molecule has 0 N–H and O–H groups in total. The number of rotatable bonds is 3. The molecule has 0 atom stereocenters. The van der Waals surface area contributed by atoms with E-state index in [4.69, 9.17) is 0 Å².